The lowest BCUT2D eigenvalue weighted by Gasteiger charge is -2.36. The van der Waals surface area contributed by atoms with Crippen molar-refractivity contribution in [3.8, 4) is 11.3 Å². The summed E-state index contributed by atoms with van der Waals surface area (Å²) in [4.78, 5) is 155. The molecule has 4 fully saturated rings. The van der Waals surface area contributed by atoms with Crippen LogP contribution in [0.1, 0.15) is 182 Å². The Morgan fingerprint density at radius 1 is 0.679 bits per heavy atom. The van der Waals surface area contributed by atoms with Crippen molar-refractivity contribution in [3.63, 3.8) is 0 Å². The van der Waals surface area contributed by atoms with Gasteiger partial charge in [-0.3, -0.25) is 28.8 Å². The monoisotopic (exact) mass is 1800 g/mol. The number of piperazine rings is 1. The quantitative estimate of drug-likeness (QED) is 0.0169. The molecule has 7 aliphatic rings. The van der Waals surface area contributed by atoms with Gasteiger partial charge in [-0.25, -0.2) is 49.2 Å². The molecule has 14 rings (SSSR count). The molecular weight excluding hydrogens is 1680 g/mol. The molecule has 12 heterocycles. The number of nitrogen functional groups attached to an aromatic ring is 1. The number of hydrogen-bond acceptors (Lipinski definition) is 28. The minimum atomic E-state index is -1.09. The van der Waals surface area contributed by atoms with Crippen LogP contribution in [0.2, 0.25) is 0 Å². The number of cyclic esters (lactones) is 1. The highest BCUT2D eigenvalue weighted by Gasteiger charge is 2.43. The van der Waals surface area contributed by atoms with Crippen LogP contribution in [0.25, 0.3) is 33.3 Å². The standard InChI is InChI=1S/C97H127N17O17/c1-62-13-8-7-9-14-63(2)84(124-6)52-76-15-12-17-83(129-76)88(119)93(121)113-32-11-10-16-79(113)94(122)130-77(51-80(115)65(4)48-66(5)82(117)53-81(116)64(3)47-62)25-21-67-19-23-75(24-20-67)131-97(123)112-34-28-78-74(60-112)57-104-96(107-78)110-37-35-109(36-38-110)95-102-55-73(56-103-95)92(120)100-31-40-126-42-44-128-46-45-127-43-41-125-39-29-85(118)111-33-27-69-49-68(18-22-71(69)59-111)58-114-91-86(89(98)105-61-106-91)87(108-114)72-50-70-26-30-99-90(70)101-54-72/h7-9,13-14,18,22,26,30,48-50,54-57,61-62,64-65,67,75-77,79,82-84,117H,10-12,15-17,19-21,23-25,27-29,31-47,51-53,58-60H2,1-6H3,(H,99,101)(H,100,120)(H2,98,105,106)/b9-7?,13-8+,63-14?,66-48+/t62-,64-,65-,67?,75?,76?,77-,79+,82+,83?,84+/m1/s1. The number of aromatic nitrogens is 10. The largest absolute Gasteiger partial charge is 0.460 e. The molecule has 1 aromatic carbocycles. The number of benzene rings is 1. The Balaban J connectivity index is 0.454. The zero-order valence-corrected chi connectivity index (χ0v) is 76.4. The number of carbonyl (C=O) groups is 8. The number of nitrogens with two attached hydrogens (primary N) is 1. The molecular formula is C97H127N17O17. The number of nitrogens with zero attached hydrogens (tertiary/aromatic N) is 14. The average molecular weight is 1800 g/mol. The van der Waals surface area contributed by atoms with Crippen molar-refractivity contribution in [3.05, 3.63) is 149 Å². The van der Waals surface area contributed by atoms with Crippen molar-refractivity contribution in [2.24, 2.45) is 23.7 Å². The van der Waals surface area contributed by atoms with Crippen LogP contribution in [0.3, 0.4) is 0 Å². The van der Waals surface area contributed by atoms with E-state index >= 15 is 0 Å². The van der Waals surface area contributed by atoms with Crippen molar-refractivity contribution >= 4 is 86.9 Å². The molecule has 9 atom stereocenters. The molecule has 0 spiro atoms. The van der Waals surface area contributed by atoms with Crippen LogP contribution < -0.4 is 20.9 Å². The van der Waals surface area contributed by atoms with Gasteiger partial charge in [-0.05, 0) is 156 Å². The molecule has 6 aromatic heterocycles. The van der Waals surface area contributed by atoms with E-state index in [0.29, 0.717) is 234 Å². The summed E-state index contributed by atoms with van der Waals surface area (Å²) < 4.78 is 49.3. The first-order chi connectivity index (χ1) is 63.6. The molecule has 7 aromatic rings. The van der Waals surface area contributed by atoms with Crippen molar-refractivity contribution in [1.82, 2.24) is 69.7 Å². The zero-order chi connectivity index (χ0) is 91.9. The number of rotatable bonds is 26. The molecule has 1 saturated carbocycles. The van der Waals surface area contributed by atoms with Gasteiger partial charge in [0.05, 0.1) is 107 Å². The Hall–Kier alpha value is -11.1. The van der Waals surface area contributed by atoms with E-state index in [2.05, 4.69) is 63.2 Å². The van der Waals surface area contributed by atoms with Crippen LogP contribution in [0.15, 0.2) is 115 Å². The number of carbonyl (C=O) groups excluding carboxylic acids is 8. The second kappa shape index (κ2) is 46.8. The van der Waals surface area contributed by atoms with E-state index in [4.69, 9.17) is 58.7 Å². The Kier molecular flexibility index (Phi) is 34.3. The summed E-state index contributed by atoms with van der Waals surface area (Å²) >= 11 is 0. The van der Waals surface area contributed by atoms with E-state index in [0.717, 1.165) is 63.8 Å². The zero-order valence-electron chi connectivity index (χ0n) is 76.4. The van der Waals surface area contributed by atoms with Gasteiger partial charge in [0.25, 0.3) is 11.8 Å². The van der Waals surface area contributed by atoms with Crippen LogP contribution in [-0.4, -0.2) is 272 Å². The topological polar surface area (TPSA) is 409 Å². The van der Waals surface area contributed by atoms with Crippen molar-refractivity contribution in [1.29, 1.82) is 0 Å². The van der Waals surface area contributed by atoms with E-state index in [9.17, 15) is 43.5 Å². The SMILES string of the molecule is CO[C@H]1CC2CCCC(O2)C(=O)C(=O)N2CCCC[C@H]2C(=O)O[C@H](CCC2CCC(OC(=O)N3CCc4nc(N5CCN(c6ncc(C(=O)NCCOCCOCCOCCOCCC(=O)N7CCc8cc(Cn9nc(-c%10cnc%11[nH]ccc%11c%10)c%10c(N)ncnc%109)ccc8C7)cn6)CC5)ncc4C3)CC2)CC(=O)[C@H](C)/C=C(\C)[C@@H](O)CC(=O)[C@H](C)C[C@H](C)/C=C/C=CC=C1C. The van der Waals surface area contributed by atoms with Crippen LogP contribution >= 0.6 is 0 Å². The van der Waals surface area contributed by atoms with Crippen molar-refractivity contribution < 1.29 is 81.4 Å². The molecule has 6 aliphatic heterocycles. The predicted octanol–water partition coefficient (Wildman–Crippen LogP) is 10.3. The van der Waals surface area contributed by atoms with Crippen molar-refractivity contribution in [2.45, 2.75) is 219 Å². The number of aliphatic hydroxyl groups is 1. The van der Waals surface area contributed by atoms with Gasteiger partial charge < -0.3 is 83.5 Å². The van der Waals surface area contributed by atoms with Crippen LogP contribution in [-0.2, 0) is 99.1 Å². The Bertz CT molecular complexity index is 5230. The number of esters is 1. The number of allylic oxidation sites excluding steroid dienone is 6. The van der Waals surface area contributed by atoms with Crippen molar-refractivity contribution in [2.75, 3.05) is 128 Å². The highest BCUT2D eigenvalue weighted by Crippen LogP contribution is 2.37. The third-order valence-corrected chi connectivity index (χ3v) is 26.3. The third-order valence-electron chi connectivity index (χ3n) is 26.3. The van der Waals surface area contributed by atoms with Gasteiger partial charge in [-0.2, -0.15) is 5.10 Å². The first-order valence-electron chi connectivity index (χ1n) is 46.7. The number of ketones is 3. The number of methoxy groups -OCH3 is 1. The fourth-order valence-electron chi connectivity index (χ4n) is 18.5. The van der Waals surface area contributed by atoms with E-state index in [-0.39, 0.29) is 98.4 Å². The number of pyridine rings is 1. The number of aliphatic hydroxyl groups excluding tert-OH is 1. The molecule has 2 bridgehead atoms. The number of ether oxygens (including phenoxy) is 8. The molecule has 1 aliphatic carbocycles. The van der Waals surface area contributed by atoms with E-state index < -0.39 is 54.0 Å². The summed E-state index contributed by atoms with van der Waals surface area (Å²) in [6.45, 7) is 17.4. The van der Waals surface area contributed by atoms with E-state index in [1.807, 2.05) is 79.1 Å². The second-order valence-corrected chi connectivity index (χ2v) is 35.8. The lowest BCUT2D eigenvalue weighted by atomic mass is 9.83. The smallest absolute Gasteiger partial charge is 0.410 e. The van der Waals surface area contributed by atoms with E-state index in [1.54, 1.807) is 44.3 Å². The fraction of sp³-hybridized carbons (Fsp3) is 0.567. The van der Waals surface area contributed by atoms with Crippen LogP contribution in [0.5, 0.6) is 0 Å². The number of fused-ring (bicyclic) bond motifs is 7. The molecule has 34 nitrogen and oxygen atoms in total. The predicted molar refractivity (Wildman–Crippen MR) is 489 cm³/mol. The molecule has 3 saturated heterocycles. The second-order valence-electron chi connectivity index (χ2n) is 35.8. The summed E-state index contributed by atoms with van der Waals surface area (Å²) in [5.74, 6) is -1.97. The van der Waals surface area contributed by atoms with E-state index in [1.165, 1.54) is 29.2 Å². The van der Waals surface area contributed by atoms with Gasteiger partial charge >= 0.3 is 12.1 Å². The minimum Gasteiger partial charge on any atom is -0.460 e. The Morgan fingerprint density at radius 3 is 2.18 bits per heavy atom. The highest BCUT2D eigenvalue weighted by molar-refractivity contribution is 6.38. The van der Waals surface area contributed by atoms with Gasteiger partial charge in [0.1, 0.15) is 59.4 Å². The lowest BCUT2D eigenvalue weighted by Crippen LogP contribution is -2.54. The third kappa shape index (κ3) is 26.0. The van der Waals surface area contributed by atoms with Gasteiger partial charge in [-0.15, -0.1) is 0 Å². The highest BCUT2D eigenvalue weighted by atomic mass is 16.6. The van der Waals surface area contributed by atoms with Gasteiger partial charge in [0.15, 0.2) is 5.65 Å². The summed E-state index contributed by atoms with van der Waals surface area (Å²) in [5.41, 5.74) is 16.2. The average Bonchev–Trinajstić information content (AvgIpc) is 1.61. The fourth-order valence-corrected chi connectivity index (χ4v) is 18.5. The first-order valence-corrected chi connectivity index (χ1v) is 46.7. The van der Waals surface area contributed by atoms with Gasteiger partial charge in [0, 0.05) is 151 Å². The number of nitrogens with one attached hydrogen (secondary N) is 2. The molecule has 131 heavy (non-hydrogen) atoms. The Morgan fingerprint density at radius 2 is 1.41 bits per heavy atom. The summed E-state index contributed by atoms with van der Waals surface area (Å²) in [6.07, 6.45) is 26.5. The summed E-state index contributed by atoms with van der Waals surface area (Å²) in [7, 11) is 1.64. The van der Waals surface area contributed by atoms with Gasteiger partial charge in [0.2, 0.25) is 23.6 Å². The van der Waals surface area contributed by atoms with Gasteiger partial charge in [-0.1, -0.05) is 75.4 Å². The van der Waals surface area contributed by atoms with Crippen LogP contribution in [0.4, 0.5) is 22.5 Å². The maximum atomic E-state index is 14.5. The number of anilines is 3. The molecule has 4 amide bonds. The number of amides is 4. The number of aromatic amines is 1. The summed E-state index contributed by atoms with van der Waals surface area (Å²) in [6, 6.07) is 9.31. The lowest BCUT2D eigenvalue weighted by molar-refractivity contribution is -0.167. The number of H-pyrrole nitrogens is 1. The molecule has 2 unspecified atom stereocenters. The minimum absolute atomic E-state index is 0.0437. The maximum absolute atomic E-state index is 14.5. The molecule has 5 N–H and O–H groups in total. The summed E-state index contributed by atoms with van der Waals surface area (Å²) in [5, 5.41) is 20.8. The number of hydrogen-bond donors (Lipinski definition) is 4. The first kappa shape index (κ1) is 95.9. The maximum Gasteiger partial charge on any atom is 0.410 e. The number of Topliss-reactive ketones (excluding diaryl/α,β-unsaturated/α-hetero) is 3. The molecule has 702 valence electrons. The number of piperidine rings is 1. The normalized spacial score (nSPS) is 24.5. The Labute approximate surface area is 764 Å². The molecule has 34 heteroatoms. The molecule has 0 radical (unpaired) electrons. The van der Waals surface area contributed by atoms with Crippen LogP contribution in [0, 0.1) is 23.7 Å².